The zero-order valence-electron chi connectivity index (χ0n) is 8.12. The molecule has 15 heavy (non-hydrogen) atoms. The summed E-state index contributed by atoms with van der Waals surface area (Å²) in [5, 5.41) is 3.10. The summed E-state index contributed by atoms with van der Waals surface area (Å²) in [7, 11) is 1.30. The molecule has 1 heterocycles. The summed E-state index contributed by atoms with van der Waals surface area (Å²) in [6, 6.07) is -0.557. The van der Waals surface area contributed by atoms with E-state index in [0.29, 0.717) is 5.82 Å². The van der Waals surface area contributed by atoms with Gasteiger partial charge in [0.05, 0.1) is 13.3 Å². The third-order valence-corrected chi connectivity index (χ3v) is 2.08. The van der Waals surface area contributed by atoms with E-state index in [1.807, 2.05) is 0 Å². The Morgan fingerprint density at radius 2 is 2.27 bits per heavy atom. The zero-order chi connectivity index (χ0) is 11.4. The van der Waals surface area contributed by atoms with Gasteiger partial charge in [0.2, 0.25) is 5.28 Å². The maximum Gasteiger partial charge on any atom is 0.328 e. The number of esters is 1. The minimum Gasteiger partial charge on any atom is -0.467 e. The van der Waals surface area contributed by atoms with Crippen molar-refractivity contribution >= 4 is 35.0 Å². The molecule has 1 atom stereocenters. The highest BCUT2D eigenvalue weighted by Crippen LogP contribution is 2.20. The van der Waals surface area contributed by atoms with Gasteiger partial charge in [0.25, 0.3) is 0 Å². The summed E-state index contributed by atoms with van der Waals surface area (Å²) in [6.45, 7) is 1.62. The van der Waals surface area contributed by atoms with E-state index in [2.05, 4.69) is 20.0 Å². The van der Waals surface area contributed by atoms with Gasteiger partial charge in [-0.15, -0.1) is 0 Å². The molecular weight excluding hydrogens is 241 g/mol. The van der Waals surface area contributed by atoms with E-state index in [0.717, 1.165) is 0 Å². The molecule has 0 radical (unpaired) electrons. The van der Waals surface area contributed by atoms with Gasteiger partial charge in [-0.25, -0.2) is 9.78 Å². The van der Waals surface area contributed by atoms with Crippen LogP contribution in [-0.4, -0.2) is 29.1 Å². The average Bonchev–Trinajstić information content (AvgIpc) is 2.22. The predicted molar refractivity (Wildman–Crippen MR) is 57.2 cm³/mol. The van der Waals surface area contributed by atoms with Crippen LogP contribution in [0.4, 0.5) is 5.82 Å². The molecular formula is C8H9Cl2N3O2. The molecule has 1 rings (SSSR count). The number of anilines is 1. The van der Waals surface area contributed by atoms with Gasteiger partial charge in [0, 0.05) is 0 Å². The second-order valence-electron chi connectivity index (χ2n) is 2.72. The van der Waals surface area contributed by atoms with Crippen molar-refractivity contribution in [2.75, 3.05) is 12.4 Å². The highest BCUT2D eigenvalue weighted by molar-refractivity contribution is 6.33. The molecule has 0 aliphatic carbocycles. The largest absolute Gasteiger partial charge is 0.467 e. The molecule has 0 saturated carbocycles. The van der Waals surface area contributed by atoms with Crippen LogP contribution in [0.15, 0.2) is 6.20 Å². The Morgan fingerprint density at radius 1 is 1.60 bits per heavy atom. The van der Waals surface area contributed by atoms with Crippen molar-refractivity contribution in [2.24, 2.45) is 0 Å². The minimum atomic E-state index is -0.557. The van der Waals surface area contributed by atoms with Gasteiger partial charge in [-0.05, 0) is 18.5 Å². The number of hydrogen-bond donors (Lipinski definition) is 1. The van der Waals surface area contributed by atoms with E-state index in [9.17, 15) is 4.79 Å². The van der Waals surface area contributed by atoms with Crippen molar-refractivity contribution in [3.63, 3.8) is 0 Å². The second-order valence-corrected chi connectivity index (χ2v) is 3.47. The molecule has 1 aromatic heterocycles. The van der Waals surface area contributed by atoms with Crippen molar-refractivity contribution < 1.29 is 9.53 Å². The van der Waals surface area contributed by atoms with Crippen LogP contribution in [0.3, 0.4) is 0 Å². The summed E-state index contributed by atoms with van der Waals surface area (Å²) < 4.78 is 4.53. The zero-order valence-corrected chi connectivity index (χ0v) is 9.63. The van der Waals surface area contributed by atoms with Crippen molar-refractivity contribution in [3.05, 3.63) is 16.5 Å². The maximum atomic E-state index is 11.1. The second kappa shape index (κ2) is 5.14. The highest BCUT2D eigenvalue weighted by atomic mass is 35.5. The lowest BCUT2D eigenvalue weighted by molar-refractivity contribution is -0.141. The van der Waals surface area contributed by atoms with Crippen LogP contribution in [-0.2, 0) is 9.53 Å². The fraction of sp³-hybridized carbons (Fsp3) is 0.375. The van der Waals surface area contributed by atoms with E-state index in [-0.39, 0.29) is 10.3 Å². The molecule has 7 heteroatoms. The van der Waals surface area contributed by atoms with Gasteiger partial charge in [-0.2, -0.15) is 4.98 Å². The molecule has 0 aliphatic heterocycles. The number of rotatable bonds is 3. The molecule has 0 amide bonds. The number of halogens is 2. The number of nitrogens with one attached hydrogen (secondary N) is 1. The van der Waals surface area contributed by atoms with E-state index in [4.69, 9.17) is 23.2 Å². The first kappa shape index (κ1) is 12.0. The smallest absolute Gasteiger partial charge is 0.328 e. The predicted octanol–water partition coefficient (Wildman–Crippen LogP) is 1.76. The van der Waals surface area contributed by atoms with Gasteiger partial charge in [0.1, 0.15) is 11.1 Å². The van der Waals surface area contributed by atoms with Gasteiger partial charge in [-0.3, -0.25) is 0 Å². The summed E-state index contributed by atoms with van der Waals surface area (Å²) >= 11 is 11.4. The standard InChI is InChI=1S/C8H9Cl2N3O2/c1-4(7(14)15-2)12-6-5(9)3-11-8(10)13-6/h3-4H,1-2H3,(H,11,12,13). The number of nitrogens with zero attached hydrogens (tertiary/aromatic N) is 2. The van der Waals surface area contributed by atoms with Gasteiger partial charge >= 0.3 is 5.97 Å². The third kappa shape index (κ3) is 3.21. The molecule has 0 spiro atoms. The molecule has 1 unspecified atom stereocenters. The van der Waals surface area contributed by atoms with Crippen LogP contribution in [0.1, 0.15) is 6.92 Å². The molecule has 82 valence electrons. The Kier molecular flexibility index (Phi) is 4.11. The SMILES string of the molecule is COC(=O)C(C)Nc1nc(Cl)ncc1Cl. The number of ether oxygens (including phenoxy) is 1. The van der Waals surface area contributed by atoms with Crippen LogP contribution in [0.2, 0.25) is 10.3 Å². The van der Waals surface area contributed by atoms with Gasteiger partial charge < -0.3 is 10.1 Å². The van der Waals surface area contributed by atoms with Crippen molar-refractivity contribution in [2.45, 2.75) is 13.0 Å². The molecule has 1 aromatic rings. The minimum absolute atomic E-state index is 0.0546. The lowest BCUT2D eigenvalue weighted by Gasteiger charge is -2.12. The van der Waals surface area contributed by atoms with Crippen LogP contribution >= 0.6 is 23.2 Å². The van der Waals surface area contributed by atoms with E-state index < -0.39 is 12.0 Å². The van der Waals surface area contributed by atoms with E-state index in [1.54, 1.807) is 6.92 Å². The number of hydrogen-bond acceptors (Lipinski definition) is 5. The first-order valence-electron chi connectivity index (χ1n) is 4.07. The van der Waals surface area contributed by atoms with E-state index in [1.165, 1.54) is 13.3 Å². The van der Waals surface area contributed by atoms with Gasteiger partial charge in [-0.1, -0.05) is 11.6 Å². The van der Waals surface area contributed by atoms with Crippen molar-refractivity contribution in [3.8, 4) is 0 Å². The van der Waals surface area contributed by atoms with Crippen LogP contribution in [0, 0.1) is 0 Å². The maximum absolute atomic E-state index is 11.1. The Hall–Kier alpha value is -1.07. The average molecular weight is 250 g/mol. The van der Waals surface area contributed by atoms with Crippen molar-refractivity contribution in [1.29, 1.82) is 0 Å². The Morgan fingerprint density at radius 3 is 2.87 bits per heavy atom. The normalized spacial score (nSPS) is 12.0. The number of carbonyl (C=O) groups excluding carboxylic acids is 1. The number of carbonyl (C=O) groups is 1. The number of aromatic nitrogens is 2. The van der Waals surface area contributed by atoms with Crippen LogP contribution in [0.5, 0.6) is 0 Å². The summed E-state index contributed by atoms with van der Waals surface area (Å²) in [5.41, 5.74) is 0. The summed E-state index contributed by atoms with van der Waals surface area (Å²) in [5.74, 6) is -0.115. The summed E-state index contributed by atoms with van der Waals surface area (Å²) in [4.78, 5) is 18.6. The first-order chi connectivity index (χ1) is 7.04. The molecule has 0 bridgehead atoms. The quantitative estimate of drug-likeness (QED) is 0.654. The molecule has 0 aromatic carbocycles. The topological polar surface area (TPSA) is 64.1 Å². The molecule has 0 fully saturated rings. The summed E-state index contributed by atoms with van der Waals surface area (Å²) in [6.07, 6.45) is 1.35. The fourth-order valence-corrected chi connectivity index (χ4v) is 1.17. The molecule has 0 aliphatic rings. The molecule has 1 N–H and O–H groups in total. The number of methoxy groups -OCH3 is 1. The molecule has 0 saturated heterocycles. The van der Waals surface area contributed by atoms with Gasteiger partial charge in [0.15, 0.2) is 5.82 Å². The van der Waals surface area contributed by atoms with Crippen molar-refractivity contribution in [1.82, 2.24) is 9.97 Å². The fourth-order valence-electron chi connectivity index (χ4n) is 0.888. The first-order valence-corrected chi connectivity index (χ1v) is 4.82. The third-order valence-electron chi connectivity index (χ3n) is 1.62. The monoisotopic (exact) mass is 249 g/mol. The lowest BCUT2D eigenvalue weighted by atomic mass is 10.3. The Bertz CT molecular complexity index is 373. The molecule has 5 nitrogen and oxygen atoms in total. The Balaban J connectivity index is 2.80. The lowest BCUT2D eigenvalue weighted by Crippen LogP contribution is -2.27. The Labute approximate surface area is 96.8 Å². The highest BCUT2D eigenvalue weighted by Gasteiger charge is 2.15. The van der Waals surface area contributed by atoms with E-state index >= 15 is 0 Å². The van der Waals surface area contributed by atoms with Crippen LogP contribution < -0.4 is 5.32 Å². The van der Waals surface area contributed by atoms with Crippen LogP contribution in [0.25, 0.3) is 0 Å².